The molecule has 2 rings (SSSR count). The molecule has 0 aliphatic carbocycles. The summed E-state index contributed by atoms with van der Waals surface area (Å²) in [6.45, 7) is 3.43. The van der Waals surface area contributed by atoms with Gasteiger partial charge in [-0.1, -0.05) is 19.9 Å². The van der Waals surface area contributed by atoms with E-state index < -0.39 is 29.5 Å². The monoisotopic (exact) mass is 322 g/mol. The Hall–Kier alpha value is -2.70. The van der Waals surface area contributed by atoms with Crippen molar-refractivity contribution >= 4 is 17.5 Å². The van der Waals surface area contributed by atoms with Gasteiger partial charge in [0.1, 0.15) is 6.04 Å². The SMILES string of the molecule is CC(C)[C@@H](NC(=O)c1ccco1)C(=O)Nc1cccc(F)c1F. The average Bonchev–Trinajstić information content (AvgIpc) is 3.03. The van der Waals surface area contributed by atoms with Gasteiger partial charge in [0.2, 0.25) is 5.91 Å². The number of amides is 2. The van der Waals surface area contributed by atoms with Gasteiger partial charge in [-0.3, -0.25) is 9.59 Å². The van der Waals surface area contributed by atoms with Gasteiger partial charge in [0.05, 0.1) is 12.0 Å². The number of hydrogen-bond acceptors (Lipinski definition) is 3. The summed E-state index contributed by atoms with van der Waals surface area (Å²) in [4.78, 5) is 24.3. The molecule has 2 N–H and O–H groups in total. The first-order valence-corrected chi connectivity index (χ1v) is 6.99. The predicted molar refractivity (Wildman–Crippen MR) is 79.8 cm³/mol. The summed E-state index contributed by atoms with van der Waals surface area (Å²) in [6.07, 6.45) is 1.33. The van der Waals surface area contributed by atoms with E-state index in [1.165, 1.54) is 24.5 Å². The van der Waals surface area contributed by atoms with Gasteiger partial charge in [-0.05, 0) is 30.2 Å². The van der Waals surface area contributed by atoms with Crippen molar-refractivity contribution in [3.05, 3.63) is 54.0 Å². The highest BCUT2D eigenvalue weighted by atomic mass is 19.2. The van der Waals surface area contributed by atoms with Gasteiger partial charge in [-0.25, -0.2) is 8.78 Å². The minimum Gasteiger partial charge on any atom is -0.459 e. The van der Waals surface area contributed by atoms with Crippen LogP contribution in [0.2, 0.25) is 0 Å². The number of nitrogens with one attached hydrogen (secondary N) is 2. The number of anilines is 1. The maximum Gasteiger partial charge on any atom is 0.287 e. The van der Waals surface area contributed by atoms with E-state index in [9.17, 15) is 18.4 Å². The summed E-state index contributed by atoms with van der Waals surface area (Å²) < 4.78 is 31.8. The molecule has 0 spiro atoms. The Balaban J connectivity index is 2.12. The number of carbonyl (C=O) groups excluding carboxylic acids is 2. The average molecular weight is 322 g/mol. The predicted octanol–water partition coefficient (Wildman–Crippen LogP) is 2.95. The molecule has 0 bridgehead atoms. The number of benzene rings is 1. The van der Waals surface area contributed by atoms with E-state index in [1.807, 2.05) is 0 Å². The lowest BCUT2D eigenvalue weighted by molar-refractivity contribution is -0.118. The smallest absolute Gasteiger partial charge is 0.287 e. The Labute approximate surface area is 131 Å². The minimum absolute atomic E-state index is 0.0559. The molecular formula is C16H16F2N2O3. The third kappa shape index (κ3) is 3.94. The van der Waals surface area contributed by atoms with Crippen LogP contribution in [-0.4, -0.2) is 17.9 Å². The van der Waals surface area contributed by atoms with Crippen LogP contribution in [-0.2, 0) is 4.79 Å². The van der Waals surface area contributed by atoms with Gasteiger partial charge in [-0.15, -0.1) is 0 Å². The molecule has 2 aromatic rings. The summed E-state index contributed by atoms with van der Waals surface area (Å²) in [5.41, 5.74) is -0.284. The Bertz CT molecular complexity index is 699. The maximum absolute atomic E-state index is 13.6. The zero-order valence-electron chi connectivity index (χ0n) is 12.6. The van der Waals surface area contributed by atoms with E-state index in [-0.39, 0.29) is 17.4 Å². The van der Waals surface area contributed by atoms with Crippen molar-refractivity contribution in [2.75, 3.05) is 5.32 Å². The first kappa shape index (κ1) is 16.7. The van der Waals surface area contributed by atoms with Crippen LogP contribution in [0.25, 0.3) is 0 Å². The van der Waals surface area contributed by atoms with E-state index in [0.29, 0.717) is 0 Å². The molecule has 1 aromatic heterocycles. The van der Waals surface area contributed by atoms with Crippen molar-refractivity contribution in [1.82, 2.24) is 5.32 Å². The third-order valence-electron chi connectivity index (χ3n) is 3.19. The van der Waals surface area contributed by atoms with Crippen molar-refractivity contribution < 1.29 is 22.8 Å². The molecule has 23 heavy (non-hydrogen) atoms. The van der Waals surface area contributed by atoms with E-state index in [0.717, 1.165) is 6.07 Å². The topological polar surface area (TPSA) is 71.3 Å². The minimum atomic E-state index is -1.15. The van der Waals surface area contributed by atoms with E-state index in [4.69, 9.17) is 4.42 Å². The fourth-order valence-electron chi connectivity index (χ4n) is 1.97. The third-order valence-corrected chi connectivity index (χ3v) is 3.19. The normalized spacial score (nSPS) is 12.0. The largest absolute Gasteiger partial charge is 0.459 e. The summed E-state index contributed by atoms with van der Waals surface area (Å²) >= 11 is 0. The van der Waals surface area contributed by atoms with Gasteiger partial charge < -0.3 is 15.1 Å². The van der Waals surface area contributed by atoms with Crippen LogP contribution >= 0.6 is 0 Å². The molecular weight excluding hydrogens is 306 g/mol. The van der Waals surface area contributed by atoms with Crippen LogP contribution in [0.15, 0.2) is 41.0 Å². The fourth-order valence-corrected chi connectivity index (χ4v) is 1.97. The van der Waals surface area contributed by atoms with Crippen molar-refractivity contribution in [3.8, 4) is 0 Å². The lowest BCUT2D eigenvalue weighted by Gasteiger charge is -2.21. The summed E-state index contributed by atoms with van der Waals surface area (Å²) in [5.74, 6) is -3.65. The molecule has 0 saturated heterocycles. The maximum atomic E-state index is 13.6. The highest BCUT2D eigenvalue weighted by Crippen LogP contribution is 2.17. The molecule has 122 valence electrons. The molecule has 0 unspecified atom stereocenters. The van der Waals surface area contributed by atoms with Crippen LogP contribution in [0.4, 0.5) is 14.5 Å². The summed E-state index contributed by atoms with van der Waals surface area (Å²) in [7, 11) is 0. The summed E-state index contributed by atoms with van der Waals surface area (Å²) in [6, 6.07) is 5.53. The highest BCUT2D eigenvalue weighted by Gasteiger charge is 2.26. The van der Waals surface area contributed by atoms with E-state index in [2.05, 4.69) is 10.6 Å². The molecule has 2 amide bonds. The van der Waals surface area contributed by atoms with Gasteiger partial charge in [0.25, 0.3) is 5.91 Å². The lowest BCUT2D eigenvalue weighted by atomic mass is 10.0. The molecule has 1 heterocycles. The first-order chi connectivity index (χ1) is 10.9. The molecule has 5 nitrogen and oxygen atoms in total. The molecule has 0 radical (unpaired) electrons. The zero-order valence-corrected chi connectivity index (χ0v) is 12.6. The van der Waals surface area contributed by atoms with E-state index in [1.54, 1.807) is 19.9 Å². The van der Waals surface area contributed by atoms with Crippen LogP contribution in [0, 0.1) is 17.6 Å². The van der Waals surface area contributed by atoms with Crippen molar-refractivity contribution in [2.45, 2.75) is 19.9 Å². The van der Waals surface area contributed by atoms with Crippen LogP contribution < -0.4 is 10.6 Å². The Morgan fingerprint density at radius 3 is 2.48 bits per heavy atom. The van der Waals surface area contributed by atoms with Crippen molar-refractivity contribution in [3.63, 3.8) is 0 Å². The second kappa shape index (κ2) is 7.04. The van der Waals surface area contributed by atoms with Gasteiger partial charge in [0, 0.05) is 0 Å². The fraction of sp³-hybridized carbons (Fsp3) is 0.250. The van der Waals surface area contributed by atoms with Crippen LogP contribution in [0.1, 0.15) is 24.4 Å². The van der Waals surface area contributed by atoms with Crippen LogP contribution in [0.3, 0.4) is 0 Å². The number of halogens is 2. The Morgan fingerprint density at radius 2 is 1.87 bits per heavy atom. The molecule has 1 aromatic carbocycles. The van der Waals surface area contributed by atoms with Crippen molar-refractivity contribution in [2.24, 2.45) is 5.92 Å². The molecule has 0 aliphatic rings. The zero-order chi connectivity index (χ0) is 17.0. The lowest BCUT2D eigenvalue weighted by Crippen LogP contribution is -2.47. The number of rotatable bonds is 5. The number of hydrogen-bond donors (Lipinski definition) is 2. The molecule has 0 saturated carbocycles. The van der Waals surface area contributed by atoms with Gasteiger partial charge in [-0.2, -0.15) is 0 Å². The van der Waals surface area contributed by atoms with Gasteiger partial charge in [0.15, 0.2) is 17.4 Å². The molecule has 0 fully saturated rings. The van der Waals surface area contributed by atoms with Crippen LogP contribution in [0.5, 0.6) is 0 Å². The van der Waals surface area contributed by atoms with Crippen molar-refractivity contribution in [1.29, 1.82) is 0 Å². The Morgan fingerprint density at radius 1 is 1.13 bits per heavy atom. The second-order valence-electron chi connectivity index (χ2n) is 5.26. The standard InChI is InChI=1S/C16H16F2N2O3/c1-9(2)14(20-15(21)12-7-4-8-23-12)16(22)19-11-6-3-5-10(17)13(11)18/h3-9,14H,1-2H3,(H,19,22)(H,20,21)/t14-/m1/s1. The quantitative estimate of drug-likeness (QED) is 0.889. The highest BCUT2D eigenvalue weighted by molar-refractivity contribution is 6.00. The van der Waals surface area contributed by atoms with Gasteiger partial charge >= 0.3 is 0 Å². The second-order valence-corrected chi connectivity index (χ2v) is 5.26. The molecule has 7 heteroatoms. The van der Waals surface area contributed by atoms with E-state index >= 15 is 0 Å². The molecule has 0 aliphatic heterocycles. The molecule has 1 atom stereocenters. The summed E-state index contributed by atoms with van der Waals surface area (Å²) in [5, 5.41) is 4.80. The number of furan rings is 1. The first-order valence-electron chi connectivity index (χ1n) is 6.99. The number of carbonyl (C=O) groups is 2. The Kier molecular flexibility index (Phi) is 5.10.